The number of nitrogens with zero attached hydrogens (tertiary/aromatic N) is 6. The first-order valence-corrected chi connectivity index (χ1v) is 50.0. The number of unbranched alkanes of at least 4 members (excludes halogenated alkanes) is 3. The quantitative estimate of drug-likeness (QED) is 0.0243. The highest BCUT2D eigenvalue weighted by atomic mass is 16.4. The van der Waals surface area contributed by atoms with Crippen LogP contribution >= 0.6 is 0 Å². The minimum Gasteiger partial charge on any atom is -0.481 e. The van der Waals surface area contributed by atoms with Gasteiger partial charge in [0, 0.05) is 174 Å². The molecule has 0 spiro atoms. The van der Waals surface area contributed by atoms with Crippen molar-refractivity contribution in [2.24, 2.45) is 0 Å². The van der Waals surface area contributed by atoms with E-state index in [1.54, 1.807) is 65.8 Å². The molecule has 3 aliphatic rings. The lowest BCUT2D eigenvalue weighted by Gasteiger charge is -2.32. The van der Waals surface area contributed by atoms with Gasteiger partial charge in [-0.3, -0.25) is 91.5 Å². The van der Waals surface area contributed by atoms with Crippen LogP contribution in [-0.4, -0.2) is 360 Å². The maximum absolute atomic E-state index is 14.3. The number of hydrogen-bond donors (Lipinski definition) is 20. The zero-order valence-electron chi connectivity index (χ0n) is 83.3. The van der Waals surface area contributed by atoms with Crippen LogP contribution in [0.4, 0.5) is 9.59 Å². The highest BCUT2D eigenvalue weighted by Gasteiger charge is 2.34. The van der Waals surface area contributed by atoms with E-state index in [0.717, 1.165) is 43.8 Å². The molecule has 0 bridgehead atoms. The third-order valence-corrected chi connectivity index (χ3v) is 26.0. The number of hydrogen-bond acceptors (Lipinski definition) is 25. The average molecular weight is 2090 g/mol. The van der Waals surface area contributed by atoms with Gasteiger partial charge in [0.2, 0.25) is 41.4 Å². The Morgan fingerprint density at radius 2 is 0.620 bits per heavy atom. The van der Waals surface area contributed by atoms with Crippen LogP contribution in [0.5, 0.6) is 0 Å². The number of Topliss-reactive ketones (excluding diaryl/α,β-unsaturated/α-hetero) is 1. The molecular formula is C103H133N17O30. The number of carboxylic acid groups (broad SMARTS) is 9. The van der Waals surface area contributed by atoms with Crippen LogP contribution in [-0.2, 0) is 120 Å². The van der Waals surface area contributed by atoms with Gasteiger partial charge in [0.25, 0.3) is 11.8 Å². The van der Waals surface area contributed by atoms with E-state index >= 15 is 0 Å². The molecule has 47 heteroatoms. The highest BCUT2D eigenvalue weighted by molar-refractivity contribution is 6.00. The summed E-state index contributed by atoms with van der Waals surface area (Å²) in [6.07, 6.45) is -1.09. The third-order valence-electron chi connectivity index (χ3n) is 26.0. The van der Waals surface area contributed by atoms with Gasteiger partial charge in [0.05, 0.1) is 32.2 Å². The van der Waals surface area contributed by atoms with Gasteiger partial charge >= 0.3 is 65.8 Å². The number of fused-ring (bicyclic) bond motifs is 4. The summed E-state index contributed by atoms with van der Waals surface area (Å²) in [7, 11) is 0. The Hall–Kier alpha value is -15.6. The topological polar surface area (TPSA) is 692 Å². The van der Waals surface area contributed by atoms with E-state index in [9.17, 15) is 136 Å². The monoisotopic (exact) mass is 2090 g/mol. The van der Waals surface area contributed by atoms with Gasteiger partial charge in [0.15, 0.2) is 5.78 Å². The van der Waals surface area contributed by atoms with E-state index in [-0.39, 0.29) is 257 Å². The Morgan fingerprint density at radius 1 is 0.273 bits per heavy atom. The van der Waals surface area contributed by atoms with E-state index in [1.165, 1.54) is 0 Å². The van der Waals surface area contributed by atoms with E-state index in [2.05, 4.69) is 58.5 Å². The van der Waals surface area contributed by atoms with Gasteiger partial charge in [-0.2, -0.15) is 0 Å². The second-order valence-corrected chi connectivity index (χ2v) is 37.3. The maximum Gasteiger partial charge on any atom is 0.326 e. The number of ketones is 1. The fourth-order valence-electron chi connectivity index (χ4n) is 17.7. The van der Waals surface area contributed by atoms with Crippen LogP contribution in [0.3, 0.4) is 0 Å². The number of nitrogens with one attached hydrogen (secondary N) is 11. The van der Waals surface area contributed by atoms with Crippen molar-refractivity contribution < 1.29 is 147 Å². The van der Waals surface area contributed by atoms with Crippen LogP contribution in [0.25, 0.3) is 21.5 Å². The number of aliphatic carboxylic acids is 9. The first-order chi connectivity index (χ1) is 71.7. The molecule has 0 unspecified atom stereocenters. The number of amides is 13. The molecule has 0 aliphatic carbocycles. The summed E-state index contributed by atoms with van der Waals surface area (Å²) in [6.45, 7) is 0.909. The molecule has 7 atom stereocenters. The lowest BCUT2D eigenvalue weighted by molar-refractivity contribution is -0.142. The number of rotatable bonds is 59. The summed E-state index contributed by atoms with van der Waals surface area (Å²) >= 11 is 0. The fraction of sp³-hybridized carbons (Fsp3) is 0.485. The molecule has 0 aromatic heterocycles. The molecule has 20 N–H and O–H groups in total. The van der Waals surface area contributed by atoms with Gasteiger partial charge in [0.1, 0.15) is 36.3 Å². The molecule has 810 valence electrons. The summed E-state index contributed by atoms with van der Waals surface area (Å²) in [6, 6.07) is 24.5. The van der Waals surface area contributed by atoms with Crippen molar-refractivity contribution in [2.75, 3.05) is 118 Å². The zero-order chi connectivity index (χ0) is 109. The van der Waals surface area contributed by atoms with Crippen molar-refractivity contribution in [2.45, 2.75) is 203 Å². The molecule has 3 heterocycles. The van der Waals surface area contributed by atoms with E-state index in [1.807, 2.05) is 84.9 Å². The van der Waals surface area contributed by atoms with Gasteiger partial charge in [-0.15, -0.1) is 0 Å². The molecule has 1 saturated heterocycles. The van der Waals surface area contributed by atoms with Crippen molar-refractivity contribution >= 4 is 146 Å². The summed E-state index contributed by atoms with van der Waals surface area (Å²) in [4.78, 5) is 279. The summed E-state index contributed by atoms with van der Waals surface area (Å²) in [5.41, 5.74) is 4.84. The first-order valence-electron chi connectivity index (χ1n) is 50.0. The van der Waals surface area contributed by atoms with E-state index in [0.29, 0.717) is 30.4 Å². The molecular weight excluding hydrogens is 1960 g/mol. The normalized spacial score (nSPS) is 15.0. The van der Waals surface area contributed by atoms with Crippen molar-refractivity contribution in [3.63, 3.8) is 0 Å². The Balaban J connectivity index is 0.773. The molecule has 150 heavy (non-hydrogen) atoms. The van der Waals surface area contributed by atoms with Crippen LogP contribution in [0.2, 0.25) is 0 Å². The largest absolute Gasteiger partial charge is 0.481 e. The molecule has 47 nitrogen and oxygen atoms in total. The Kier molecular flexibility index (Phi) is 47.6. The molecule has 1 fully saturated rings. The molecule has 9 rings (SSSR count). The van der Waals surface area contributed by atoms with Crippen molar-refractivity contribution in [3.05, 3.63) is 166 Å². The van der Waals surface area contributed by atoms with Crippen molar-refractivity contribution in [1.82, 2.24) is 87.9 Å². The SMILES string of the molecule is O=C(O)CC[C@H](NC(=O)N[C@@H](CCCCNC(=O)[C@H](Cc1ccc2ccccc2c1)NC(=O)c1ccc2c(c1)CCN(C(=O)CCC(=O)NCCCC[C@H](NC(=O)CCC(=O)N1CCc3cc(C(=O)N[C@@H](Cc4ccc5ccccc5c4)C(=O)NCCCC[C@H](NC(=O)N[C@@H](CCC(=O)O)C(=O)O)C(=O)O)ccc3C1)C(=O)CCCNC(=O)CN1CCN(CC(=O)O)CCN(CC(=O)O)CCN(CC(=O)O)CC1)C2)C(=O)O)C(=O)O. The number of carboxylic acids is 9. The molecule has 13 amide bonds. The molecule has 6 aromatic carbocycles. The Morgan fingerprint density at radius 3 is 1.00 bits per heavy atom. The zero-order valence-corrected chi connectivity index (χ0v) is 83.3. The van der Waals surface area contributed by atoms with Crippen molar-refractivity contribution in [3.8, 4) is 0 Å². The van der Waals surface area contributed by atoms with Crippen LogP contribution < -0.4 is 58.5 Å². The fourth-order valence-corrected chi connectivity index (χ4v) is 17.7. The van der Waals surface area contributed by atoms with E-state index < -0.39 is 181 Å². The second-order valence-electron chi connectivity index (χ2n) is 37.3. The molecule has 6 aromatic rings. The lowest BCUT2D eigenvalue weighted by Crippen LogP contribution is -2.51. The molecule has 3 aliphatic heterocycles. The summed E-state index contributed by atoms with van der Waals surface area (Å²) in [5.74, 6) is -16.8. The predicted molar refractivity (Wildman–Crippen MR) is 539 cm³/mol. The van der Waals surface area contributed by atoms with Crippen LogP contribution in [0.15, 0.2) is 121 Å². The number of carbonyl (C=O) groups is 21. The summed E-state index contributed by atoms with van der Waals surface area (Å²) in [5, 5.41) is 117. The molecule has 0 radical (unpaired) electrons. The maximum atomic E-state index is 14.3. The number of benzene rings is 6. The van der Waals surface area contributed by atoms with Crippen molar-refractivity contribution in [1.29, 1.82) is 0 Å². The number of carbonyl (C=O) groups excluding carboxylic acids is 12. The first kappa shape index (κ1) is 118. The standard InChI is InChI=1S/C103H133N17O30/c121-83(19-11-41-105-86(124)60-115-44-46-116(61-91(131)132)48-50-118(63-93(135)136)51-49-117(47-45-115)62-92(133)134)76(108-85(123)31-33-88(126)120-43-37-71-57-73(25-27-75(71)59-120)95(138)110-82(55-65-21-23-67-13-2-4-15-69(67)53-65)97(140)107-40-10-7-18-78(99(143)144)112-103(150)114-80(101(147)148)29-35-90(129)130)16-5-8-38-104-84(122)30-32-87(125)119-42-36-70-56-72(24-26-74(70)58-119)94(137)109-81(54-64-20-22-66-12-1-3-14-68(66)52-64)96(139)106-39-9-6-17-77(98(141)142)111-102(149)113-79(100(145)146)28-34-89(127)128/h1-4,12-15,20-27,52-53,56-57,76-82H,5-11,16-19,28-51,54-55,58-63H2,(H,104,122)(H,105,124)(H,106,139)(H,107,140)(H,108,123)(H,109,137)(H,110,138)(H,127,128)(H,129,130)(H,131,132)(H,133,134)(H,135,136)(H,141,142)(H,143,144)(H,145,146)(H,147,148)(H2,111,113,149)(H2,112,114,150)/t76-,77-,78-,79-,80-,81-,82-/m0/s1. The highest BCUT2D eigenvalue weighted by Crippen LogP contribution is 2.27. The van der Waals surface area contributed by atoms with Gasteiger partial charge in [-0.1, -0.05) is 97.1 Å². The minimum atomic E-state index is -1.61. The van der Waals surface area contributed by atoms with Gasteiger partial charge in [-0.05, 0) is 169 Å². The third kappa shape index (κ3) is 41.2. The minimum absolute atomic E-state index is 0.00143. The predicted octanol–water partition coefficient (Wildman–Crippen LogP) is 2.13. The molecule has 0 saturated carbocycles. The smallest absolute Gasteiger partial charge is 0.326 e. The Labute approximate surface area is 863 Å². The van der Waals surface area contributed by atoms with Gasteiger partial charge in [-0.25, -0.2) is 28.8 Å². The van der Waals surface area contributed by atoms with Gasteiger partial charge < -0.3 is 114 Å². The second kappa shape index (κ2) is 60.6. The van der Waals surface area contributed by atoms with E-state index in [4.69, 9.17) is 10.2 Å². The average Bonchev–Trinajstić information content (AvgIpc) is 0.805. The Bertz CT molecular complexity index is 5790. The van der Waals surface area contributed by atoms with Crippen LogP contribution in [0.1, 0.15) is 176 Å². The lowest BCUT2D eigenvalue weighted by atomic mass is 9.96. The summed E-state index contributed by atoms with van der Waals surface area (Å²) < 4.78 is 0. The number of urea groups is 2. The van der Waals surface area contributed by atoms with Crippen LogP contribution in [0, 0.1) is 0 Å².